The van der Waals surface area contributed by atoms with Crippen molar-refractivity contribution < 1.29 is 18.0 Å². The molecule has 24 heavy (non-hydrogen) atoms. The molecule has 0 aliphatic carbocycles. The summed E-state index contributed by atoms with van der Waals surface area (Å²) in [5.41, 5.74) is -0.433. The minimum absolute atomic E-state index is 0. The fourth-order valence-corrected chi connectivity index (χ4v) is 3.74. The molecule has 0 radical (unpaired) electrons. The van der Waals surface area contributed by atoms with Gasteiger partial charge in [-0.15, -0.1) is 12.4 Å². The number of rotatable bonds is 3. The van der Waals surface area contributed by atoms with Crippen molar-refractivity contribution in [3.63, 3.8) is 0 Å². The number of hydrogen-bond acceptors (Lipinski definition) is 2. The molecule has 2 fully saturated rings. The highest BCUT2D eigenvalue weighted by Crippen LogP contribution is 2.36. The number of carbonyl (C=O) groups excluding carboxylic acids is 1. The quantitative estimate of drug-likeness (QED) is 0.894. The predicted octanol–water partition coefficient (Wildman–Crippen LogP) is 3.30. The molecule has 2 heterocycles. The first-order valence-corrected chi connectivity index (χ1v) is 8.01. The normalized spacial score (nSPS) is 24.4. The van der Waals surface area contributed by atoms with Gasteiger partial charge in [-0.25, -0.2) is 0 Å². The molecule has 2 aliphatic rings. The molecule has 3 nitrogen and oxygen atoms in total. The van der Waals surface area contributed by atoms with Crippen LogP contribution in [0.3, 0.4) is 0 Å². The number of fused-ring (bicyclic) bond motifs is 1. The summed E-state index contributed by atoms with van der Waals surface area (Å²) in [6.45, 7) is 5.01. The largest absolute Gasteiger partial charge is 0.416 e. The van der Waals surface area contributed by atoms with Gasteiger partial charge in [0.15, 0.2) is 0 Å². The van der Waals surface area contributed by atoms with Crippen molar-refractivity contribution >= 4 is 18.3 Å². The van der Waals surface area contributed by atoms with E-state index in [9.17, 15) is 18.0 Å². The van der Waals surface area contributed by atoms with Crippen LogP contribution in [-0.2, 0) is 11.0 Å². The minimum Gasteiger partial charge on any atom is -0.342 e. The Morgan fingerprint density at radius 3 is 2.42 bits per heavy atom. The number of amides is 1. The van der Waals surface area contributed by atoms with E-state index in [4.69, 9.17) is 0 Å². The number of alkyl halides is 3. The van der Waals surface area contributed by atoms with E-state index in [1.165, 1.54) is 12.1 Å². The zero-order chi connectivity index (χ0) is 16.6. The average molecular weight is 363 g/mol. The summed E-state index contributed by atoms with van der Waals surface area (Å²) in [5, 5.41) is 3.31. The van der Waals surface area contributed by atoms with E-state index < -0.39 is 17.7 Å². The smallest absolute Gasteiger partial charge is 0.342 e. The molecule has 0 saturated carbocycles. The minimum atomic E-state index is -4.38. The molecular weight excluding hydrogens is 341 g/mol. The van der Waals surface area contributed by atoms with Crippen LogP contribution >= 0.6 is 12.4 Å². The van der Waals surface area contributed by atoms with Crippen LogP contribution in [0.2, 0.25) is 0 Å². The number of nitrogens with zero attached hydrogens (tertiary/aromatic N) is 1. The Labute approximate surface area is 146 Å². The van der Waals surface area contributed by atoms with E-state index in [0.29, 0.717) is 11.8 Å². The standard InChI is InChI=1S/C17H21F3N2O.ClH/c1-11(14-4-2-3-5-15(14)17(18,19)20)6-16(23)22-9-12-7-21-8-13(12)10-22;/h2-5,11-13,21H,6-10H2,1H3;1H/t11?,12-,13+;. The molecule has 3 rings (SSSR count). The number of hydrogen-bond donors (Lipinski definition) is 1. The van der Waals surface area contributed by atoms with Gasteiger partial charge in [0, 0.05) is 32.6 Å². The molecule has 0 spiro atoms. The number of likely N-dealkylation sites (tertiary alicyclic amines) is 1. The Kier molecular flexibility index (Phi) is 5.81. The van der Waals surface area contributed by atoms with Crippen LogP contribution in [0.5, 0.6) is 0 Å². The number of nitrogens with one attached hydrogen (secondary N) is 1. The zero-order valence-corrected chi connectivity index (χ0v) is 14.3. The summed E-state index contributed by atoms with van der Waals surface area (Å²) < 4.78 is 39.3. The third kappa shape index (κ3) is 3.86. The van der Waals surface area contributed by atoms with E-state index in [0.717, 1.165) is 32.2 Å². The van der Waals surface area contributed by atoms with Crippen molar-refractivity contribution in [2.24, 2.45) is 11.8 Å². The topological polar surface area (TPSA) is 32.3 Å². The Balaban J connectivity index is 0.00000208. The van der Waals surface area contributed by atoms with Crippen LogP contribution in [-0.4, -0.2) is 37.0 Å². The molecule has 7 heteroatoms. The van der Waals surface area contributed by atoms with Gasteiger partial charge in [0.05, 0.1) is 5.56 Å². The molecule has 1 aromatic carbocycles. The SMILES string of the molecule is CC(CC(=O)N1C[C@H]2CNC[C@H]2C1)c1ccccc1C(F)(F)F.Cl. The first kappa shape index (κ1) is 19.1. The molecule has 2 aliphatic heterocycles. The van der Waals surface area contributed by atoms with Crippen LogP contribution in [0, 0.1) is 11.8 Å². The van der Waals surface area contributed by atoms with Crippen molar-refractivity contribution in [1.82, 2.24) is 10.2 Å². The second-order valence-corrected chi connectivity index (χ2v) is 6.67. The van der Waals surface area contributed by atoms with Crippen LogP contribution in [0.1, 0.15) is 30.4 Å². The Hall–Kier alpha value is -1.27. The van der Waals surface area contributed by atoms with E-state index in [-0.39, 0.29) is 30.3 Å². The van der Waals surface area contributed by atoms with Gasteiger partial charge < -0.3 is 10.2 Å². The number of halogens is 4. The third-order valence-corrected chi connectivity index (χ3v) is 5.02. The van der Waals surface area contributed by atoms with E-state index in [1.807, 2.05) is 4.90 Å². The Morgan fingerprint density at radius 2 is 1.83 bits per heavy atom. The van der Waals surface area contributed by atoms with Gasteiger partial charge in [0.25, 0.3) is 0 Å². The first-order chi connectivity index (χ1) is 10.9. The van der Waals surface area contributed by atoms with Crippen molar-refractivity contribution in [1.29, 1.82) is 0 Å². The lowest BCUT2D eigenvalue weighted by molar-refractivity contribution is -0.139. The molecule has 1 amide bonds. The molecule has 1 N–H and O–H groups in total. The monoisotopic (exact) mass is 362 g/mol. The lowest BCUT2D eigenvalue weighted by atomic mass is 9.92. The van der Waals surface area contributed by atoms with Gasteiger partial charge in [0.1, 0.15) is 0 Å². The van der Waals surface area contributed by atoms with Gasteiger partial charge in [-0.3, -0.25) is 4.79 Å². The highest BCUT2D eigenvalue weighted by Gasteiger charge is 2.39. The fourth-order valence-electron chi connectivity index (χ4n) is 3.74. The van der Waals surface area contributed by atoms with Crippen LogP contribution in [0.25, 0.3) is 0 Å². The highest BCUT2D eigenvalue weighted by molar-refractivity contribution is 5.85. The lowest BCUT2D eigenvalue weighted by Gasteiger charge is -2.22. The summed E-state index contributed by atoms with van der Waals surface area (Å²) in [6.07, 6.45) is -4.26. The molecule has 134 valence electrons. The van der Waals surface area contributed by atoms with Crippen LogP contribution < -0.4 is 5.32 Å². The third-order valence-electron chi connectivity index (χ3n) is 5.02. The van der Waals surface area contributed by atoms with E-state index in [2.05, 4.69) is 5.32 Å². The Morgan fingerprint density at radius 1 is 1.25 bits per heavy atom. The van der Waals surface area contributed by atoms with Gasteiger partial charge in [-0.2, -0.15) is 13.2 Å². The summed E-state index contributed by atoms with van der Waals surface area (Å²) in [6, 6.07) is 5.54. The van der Waals surface area contributed by atoms with Gasteiger partial charge in [-0.1, -0.05) is 25.1 Å². The molecule has 1 unspecified atom stereocenters. The predicted molar refractivity (Wildman–Crippen MR) is 88.2 cm³/mol. The van der Waals surface area contributed by atoms with Crippen LogP contribution in [0.15, 0.2) is 24.3 Å². The maximum atomic E-state index is 13.1. The average Bonchev–Trinajstić information content (AvgIpc) is 3.07. The first-order valence-electron chi connectivity index (χ1n) is 8.01. The molecule has 1 aromatic rings. The van der Waals surface area contributed by atoms with Crippen molar-refractivity contribution in [3.8, 4) is 0 Å². The van der Waals surface area contributed by atoms with Crippen molar-refractivity contribution in [2.75, 3.05) is 26.2 Å². The fraction of sp³-hybridized carbons (Fsp3) is 0.588. The van der Waals surface area contributed by atoms with Gasteiger partial charge in [0.2, 0.25) is 5.91 Å². The van der Waals surface area contributed by atoms with Crippen LogP contribution in [0.4, 0.5) is 13.2 Å². The summed E-state index contributed by atoms with van der Waals surface area (Å²) in [4.78, 5) is 14.3. The molecular formula is C17H22ClF3N2O. The zero-order valence-electron chi connectivity index (χ0n) is 13.5. The maximum Gasteiger partial charge on any atom is 0.416 e. The lowest BCUT2D eigenvalue weighted by Crippen LogP contribution is -2.32. The second kappa shape index (κ2) is 7.31. The maximum absolute atomic E-state index is 13.1. The number of carbonyl (C=O) groups is 1. The molecule has 0 bridgehead atoms. The van der Waals surface area contributed by atoms with Gasteiger partial charge in [-0.05, 0) is 29.4 Å². The molecule has 2 saturated heterocycles. The summed E-state index contributed by atoms with van der Waals surface area (Å²) in [5.74, 6) is 0.510. The van der Waals surface area contributed by atoms with Gasteiger partial charge >= 0.3 is 6.18 Å². The highest BCUT2D eigenvalue weighted by atomic mass is 35.5. The molecule has 3 atom stereocenters. The van der Waals surface area contributed by atoms with E-state index in [1.54, 1.807) is 13.0 Å². The molecule has 0 aromatic heterocycles. The summed E-state index contributed by atoms with van der Waals surface area (Å²) in [7, 11) is 0. The van der Waals surface area contributed by atoms with E-state index >= 15 is 0 Å². The second-order valence-electron chi connectivity index (χ2n) is 6.67. The Bertz CT molecular complexity index is 581. The van der Waals surface area contributed by atoms with Crippen molar-refractivity contribution in [2.45, 2.75) is 25.4 Å². The number of benzene rings is 1. The summed E-state index contributed by atoms with van der Waals surface area (Å²) >= 11 is 0. The van der Waals surface area contributed by atoms with Crippen molar-refractivity contribution in [3.05, 3.63) is 35.4 Å².